The number of rotatable bonds is 6. The molecule has 3 nitrogen and oxygen atoms in total. The van der Waals surface area contributed by atoms with Crippen LogP contribution in [0.25, 0.3) is 0 Å². The minimum absolute atomic E-state index is 0.394. The van der Waals surface area contributed by atoms with E-state index in [9.17, 15) is 5.11 Å². The third-order valence-electron chi connectivity index (χ3n) is 3.68. The van der Waals surface area contributed by atoms with Gasteiger partial charge in [-0.05, 0) is 48.2 Å². The van der Waals surface area contributed by atoms with Gasteiger partial charge in [0.2, 0.25) is 0 Å². The number of aromatic nitrogens is 2. The van der Waals surface area contributed by atoms with E-state index in [1.807, 2.05) is 10.7 Å². The molecular formula is C17H23BrN2O. The fourth-order valence-electron chi connectivity index (χ4n) is 2.62. The zero-order valence-corrected chi connectivity index (χ0v) is 14.5. The Kier molecular flexibility index (Phi) is 5.59. The Morgan fingerprint density at radius 1 is 1.29 bits per heavy atom. The van der Waals surface area contributed by atoms with Crippen LogP contribution in [0, 0.1) is 6.92 Å². The van der Waals surface area contributed by atoms with E-state index in [0.29, 0.717) is 12.8 Å². The number of aryl methyl sites for hydroxylation is 3. The van der Waals surface area contributed by atoms with Gasteiger partial charge < -0.3 is 5.11 Å². The highest BCUT2D eigenvalue weighted by atomic mass is 79.9. The molecule has 1 heterocycles. The molecule has 21 heavy (non-hydrogen) atoms. The molecule has 0 aliphatic carbocycles. The summed E-state index contributed by atoms with van der Waals surface area (Å²) in [5.74, 6) is 0. The van der Waals surface area contributed by atoms with Gasteiger partial charge in [-0.1, -0.05) is 36.8 Å². The fourth-order valence-corrected chi connectivity index (χ4v) is 3.35. The van der Waals surface area contributed by atoms with Gasteiger partial charge in [0.25, 0.3) is 0 Å². The molecule has 0 saturated carbocycles. The van der Waals surface area contributed by atoms with Crippen molar-refractivity contribution in [3.8, 4) is 0 Å². The molecule has 0 amide bonds. The standard InChI is InChI=1S/C17H23BrN2O/c1-4-15-17(18)16(20(5-2)19-15)11-14(21)10-13-8-6-7-12(3)9-13/h6-9,14,21H,4-5,10-11H2,1-3H3. The zero-order chi connectivity index (χ0) is 15.4. The number of halogens is 1. The lowest BCUT2D eigenvalue weighted by Gasteiger charge is -2.13. The van der Waals surface area contributed by atoms with E-state index in [4.69, 9.17) is 0 Å². The van der Waals surface area contributed by atoms with E-state index >= 15 is 0 Å². The monoisotopic (exact) mass is 350 g/mol. The maximum atomic E-state index is 10.4. The van der Waals surface area contributed by atoms with Crippen molar-refractivity contribution in [3.63, 3.8) is 0 Å². The predicted octanol–water partition coefficient (Wildman–Crippen LogP) is 3.68. The molecule has 1 aromatic carbocycles. The van der Waals surface area contributed by atoms with Crippen LogP contribution >= 0.6 is 15.9 Å². The smallest absolute Gasteiger partial charge is 0.0766 e. The Morgan fingerprint density at radius 2 is 2.05 bits per heavy atom. The fraction of sp³-hybridized carbons (Fsp3) is 0.471. The van der Waals surface area contributed by atoms with Crippen molar-refractivity contribution in [3.05, 3.63) is 51.3 Å². The van der Waals surface area contributed by atoms with Crippen LogP contribution in [0.5, 0.6) is 0 Å². The summed E-state index contributed by atoms with van der Waals surface area (Å²) in [5.41, 5.74) is 4.56. The third kappa shape index (κ3) is 3.95. The Hall–Kier alpha value is -1.13. The molecule has 4 heteroatoms. The summed E-state index contributed by atoms with van der Waals surface area (Å²) in [6.45, 7) is 7.08. The molecule has 1 aromatic heterocycles. The summed E-state index contributed by atoms with van der Waals surface area (Å²) in [7, 11) is 0. The van der Waals surface area contributed by atoms with Crippen molar-refractivity contribution in [1.82, 2.24) is 9.78 Å². The van der Waals surface area contributed by atoms with Crippen LogP contribution in [0.1, 0.15) is 36.4 Å². The molecule has 0 fully saturated rings. The van der Waals surface area contributed by atoms with Crippen molar-refractivity contribution in [2.75, 3.05) is 0 Å². The first kappa shape index (κ1) is 16.2. The first-order valence-corrected chi connectivity index (χ1v) is 8.32. The van der Waals surface area contributed by atoms with Gasteiger partial charge in [-0.2, -0.15) is 5.10 Å². The van der Waals surface area contributed by atoms with Crippen LogP contribution in [0.2, 0.25) is 0 Å². The Bertz CT molecular complexity index is 607. The maximum absolute atomic E-state index is 10.4. The molecule has 1 N–H and O–H groups in total. The van der Waals surface area contributed by atoms with E-state index in [0.717, 1.165) is 28.8 Å². The molecular weight excluding hydrogens is 328 g/mol. The van der Waals surface area contributed by atoms with E-state index < -0.39 is 6.10 Å². The van der Waals surface area contributed by atoms with Gasteiger partial charge in [0.15, 0.2) is 0 Å². The van der Waals surface area contributed by atoms with E-state index in [-0.39, 0.29) is 0 Å². The van der Waals surface area contributed by atoms with Crippen LogP contribution in [-0.2, 0) is 25.8 Å². The van der Waals surface area contributed by atoms with Gasteiger partial charge in [-0.15, -0.1) is 0 Å². The molecule has 2 aromatic rings. The summed E-state index contributed by atoms with van der Waals surface area (Å²) >= 11 is 3.63. The summed E-state index contributed by atoms with van der Waals surface area (Å²) in [6, 6.07) is 8.32. The predicted molar refractivity (Wildman–Crippen MR) is 89.6 cm³/mol. The van der Waals surface area contributed by atoms with Gasteiger partial charge in [0.05, 0.1) is 22.0 Å². The van der Waals surface area contributed by atoms with Gasteiger partial charge in [0, 0.05) is 13.0 Å². The van der Waals surface area contributed by atoms with Gasteiger partial charge in [0.1, 0.15) is 0 Å². The van der Waals surface area contributed by atoms with Crippen molar-refractivity contribution in [2.24, 2.45) is 0 Å². The molecule has 1 unspecified atom stereocenters. The van der Waals surface area contributed by atoms with Gasteiger partial charge in [-0.3, -0.25) is 4.68 Å². The average Bonchev–Trinajstić information content (AvgIpc) is 2.75. The molecule has 0 saturated heterocycles. The second-order valence-electron chi connectivity index (χ2n) is 5.43. The largest absolute Gasteiger partial charge is 0.392 e. The number of nitrogens with zero attached hydrogens (tertiary/aromatic N) is 2. The van der Waals surface area contributed by atoms with Crippen LogP contribution in [0.15, 0.2) is 28.7 Å². The van der Waals surface area contributed by atoms with Crippen LogP contribution in [-0.4, -0.2) is 21.0 Å². The highest BCUT2D eigenvalue weighted by Crippen LogP contribution is 2.24. The number of aliphatic hydroxyl groups excluding tert-OH is 1. The second kappa shape index (κ2) is 7.23. The lowest BCUT2D eigenvalue weighted by Crippen LogP contribution is -2.17. The Morgan fingerprint density at radius 3 is 2.67 bits per heavy atom. The van der Waals surface area contributed by atoms with Crippen molar-refractivity contribution in [2.45, 2.75) is 52.7 Å². The van der Waals surface area contributed by atoms with Crippen LogP contribution < -0.4 is 0 Å². The van der Waals surface area contributed by atoms with E-state index in [1.54, 1.807) is 0 Å². The minimum Gasteiger partial charge on any atom is -0.392 e. The number of hydrogen-bond donors (Lipinski definition) is 1. The third-order valence-corrected chi connectivity index (χ3v) is 4.59. The second-order valence-corrected chi connectivity index (χ2v) is 6.22. The summed E-state index contributed by atoms with van der Waals surface area (Å²) in [4.78, 5) is 0. The molecule has 0 radical (unpaired) electrons. The van der Waals surface area contributed by atoms with E-state index in [2.05, 4.69) is 60.0 Å². The molecule has 2 rings (SSSR count). The number of hydrogen-bond acceptors (Lipinski definition) is 2. The summed E-state index contributed by atoms with van der Waals surface area (Å²) in [5, 5.41) is 15.0. The zero-order valence-electron chi connectivity index (χ0n) is 12.9. The maximum Gasteiger partial charge on any atom is 0.0766 e. The summed E-state index contributed by atoms with van der Waals surface area (Å²) < 4.78 is 3.04. The molecule has 0 aliphatic rings. The van der Waals surface area contributed by atoms with Gasteiger partial charge >= 0.3 is 0 Å². The lowest BCUT2D eigenvalue weighted by atomic mass is 10.0. The normalized spacial score (nSPS) is 12.6. The Labute approximate surface area is 135 Å². The Balaban J connectivity index is 2.12. The number of benzene rings is 1. The molecule has 0 aliphatic heterocycles. The highest BCUT2D eigenvalue weighted by Gasteiger charge is 2.17. The molecule has 0 bridgehead atoms. The van der Waals surface area contributed by atoms with E-state index in [1.165, 1.54) is 11.1 Å². The van der Waals surface area contributed by atoms with Crippen molar-refractivity contribution in [1.29, 1.82) is 0 Å². The van der Waals surface area contributed by atoms with Crippen molar-refractivity contribution < 1.29 is 5.11 Å². The average molecular weight is 351 g/mol. The minimum atomic E-state index is -0.394. The first-order valence-electron chi connectivity index (χ1n) is 7.52. The molecule has 1 atom stereocenters. The highest BCUT2D eigenvalue weighted by molar-refractivity contribution is 9.10. The first-order chi connectivity index (χ1) is 10.0. The molecule has 114 valence electrons. The number of aliphatic hydroxyl groups is 1. The van der Waals surface area contributed by atoms with Crippen LogP contribution in [0.4, 0.5) is 0 Å². The van der Waals surface area contributed by atoms with Crippen LogP contribution in [0.3, 0.4) is 0 Å². The molecule has 0 spiro atoms. The SMILES string of the molecule is CCc1nn(CC)c(CC(O)Cc2cccc(C)c2)c1Br. The quantitative estimate of drug-likeness (QED) is 0.862. The van der Waals surface area contributed by atoms with Gasteiger partial charge in [-0.25, -0.2) is 0 Å². The summed E-state index contributed by atoms with van der Waals surface area (Å²) in [6.07, 6.45) is 1.80. The van der Waals surface area contributed by atoms with Crippen molar-refractivity contribution >= 4 is 15.9 Å². The lowest BCUT2D eigenvalue weighted by molar-refractivity contribution is 0.172. The topological polar surface area (TPSA) is 38.0 Å².